The summed E-state index contributed by atoms with van der Waals surface area (Å²) in [7, 11) is 3.44. The first-order valence-electron chi connectivity index (χ1n) is 7.90. The average molecular weight is 330 g/mol. The van der Waals surface area contributed by atoms with E-state index in [2.05, 4.69) is 18.5 Å². The molecule has 0 spiro atoms. The van der Waals surface area contributed by atoms with E-state index < -0.39 is 0 Å². The van der Waals surface area contributed by atoms with Crippen LogP contribution in [0.25, 0.3) is 5.70 Å². The maximum absolute atomic E-state index is 11.5. The molecule has 1 N–H and O–H groups in total. The second-order valence-corrected chi connectivity index (χ2v) is 5.43. The number of aldehydes is 2. The lowest BCUT2D eigenvalue weighted by Gasteiger charge is -2.29. The summed E-state index contributed by atoms with van der Waals surface area (Å²) in [6.07, 6.45) is 4.86. The summed E-state index contributed by atoms with van der Waals surface area (Å²) in [5.41, 5.74) is 2.65. The van der Waals surface area contributed by atoms with Crippen molar-refractivity contribution in [2.45, 2.75) is 18.9 Å². The topological polar surface area (TPSA) is 58.6 Å². The first-order chi connectivity index (χ1) is 11.6. The van der Waals surface area contributed by atoms with E-state index in [1.165, 1.54) is 0 Å². The van der Waals surface area contributed by atoms with Crippen molar-refractivity contribution >= 4 is 24.0 Å². The smallest absolute Gasteiger partial charge is 0.150 e. The molecule has 1 aromatic carbocycles. The molecule has 24 heavy (non-hydrogen) atoms. The molecule has 0 aliphatic heterocycles. The van der Waals surface area contributed by atoms with Crippen molar-refractivity contribution in [1.29, 1.82) is 0 Å². The van der Waals surface area contributed by atoms with Gasteiger partial charge < -0.3 is 19.7 Å². The lowest BCUT2D eigenvalue weighted by atomic mass is 10.0. The van der Waals surface area contributed by atoms with Crippen LogP contribution in [-0.2, 0) is 9.53 Å². The van der Waals surface area contributed by atoms with Crippen molar-refractivity contribution in [3.8, 4) is 0 Å². The van der Waals surface area contributed by atoms with Gasteiger partial charge in [0.05, 0.1) is 12.6 Å². The van der Waals surface area contributed by atoms with E-state index >= 15 is 0 Å². The van der Waals surface area contributed by atoms with Crippen molar-refractivity contribution in [3.63, 3.8) is 0 Å². The summed E-state index contributed by atoms with van der Waals surface area (Å²) >= 11 is 0. The van der Waals surface area contributed by atoms with E-state index in [4.69, 9.17) is 4.74 Å². The number of methoxy groups -OCH3 is 1. The fraction of sp³-hybridized carbons (Fsp3) is 0.368. The summed E-state index contributed by atoms with van der Waals surface area (Å²) in [4.78, 5) is 24.7. The third kappa shape index (κ3) is 5.06. The van der Waals surface area contributed by atoms with Crippen LogP contribution in [0.2, 0.25) is 0 Å². The number of allylic oxidation sites excluding steroid dienone is 1. The number of rotatable bonds is 12. The Morgan fingerprint density at radius 2 is 2.17 bits per heavy atom. The molecule has 130 valence electrons. The molecule has 0 radical (unpaired) electrons. The minimum atomic E-state index is -0.318. The minimum Gasteiger partial charge on any atom is -0.383 e. The fourth-order valence-electron chi connectivity index (χ4n) is 2.44. The van der Waals surface area contributed by atoms with Gasteiger partial charge in [0.2, 0.25) is 0 Å². The summed E-state index contributed by atoms with van der Waals surface area (Å²) < 4.78 is 5.05. The highest BCUT2D eigenvalue weighted by Gasteiger charge is 2.20. The van der Waals surface area contributed by atoms with Crippen molar-refractivity contribution in [2.75, 3.05) is 32.6 Å². The third-order valence-electron chi connectivity index (χ3n) is 3.88. The van der Waals surface area contributed by atoms with Crippen LogP contribution in [0.3, 0.4) is 0 Å². The molecule has 0 amide bonds. The van der Waals surface area contributed by atoms with Crippen LogP contribution in [0, 0.1) is 0 Å². The summed E-state index contributed by atoms with van der Waals surface area (Å²) in [5, 5.41) is 3.25. The predicted octanol–water partition coefficient (Wildman–Crippen LogP) is 2.99. The second-order valence-electron chi connectivity index (χ2n) is 5.43. The Balaban J connectivity index is 3.11. The van der Waals surface area contributed by atoms with Crippen LogP contribution >= 0.6 is 0 Å². The molecule has 0 saturated carbocycles. The van der Waals surface area contributed by atoms with E-state index in [0.29, 0.717) is 36.4 Å². The van der Waals surface area contributed by atoms with Gasteiger partial charge in [-0.05, 0) is 18.9 Å². The number of hydrogen-bond acceptors (Lipinski definition) is 5. The summed E-state index contributed by atoms with van der Waals surface area (Å²) in [5.74, 6) is 0. The van der Waals surface area contributed by atoms with Gasteiger partial charge in [-0.15, -0.1) is 6.58 Å². The molecule has 0 fully saturated rings. The van der Waals surface area contributed by atoms with E-state index in [-0.39, 0.29) is 6.04 Å². The number of likely N-dealkylation sites (N-methyl/N-ethyl adjacent to an activating group) is 1. The Labute approximate surface area is 144 Å². The van der Waals surface area contributed by atoms with Crippen LogP contribution in [0.1, 0.15) is 28.8 Å². The monoisotopic (exact) mass is 330 g/mol. The molecule has 1 atom stereocenters. The van der Waals surface area contributed by atoms with Crippen LogP contribution in [-0.4, -0.2) is 50.8 Å². The molecule has 0 aliphatic carbocycles. The number of nitrogens with zero attached hydrogens (tertiary/aromatic N) is 1. The number of ether oxygens (including phenoxy) is 1. The van der Waals surface area contributed by atoms with Crippen LogP contribution in [0.15, 0.2) is 37.4 Å². The lowest BCUT2D eigenvalue weighted by Crippen LogP contribution is -2.32. The highest BCUT2D eigenvalue weighted by atomic mass is 16.5. The normalized spacial score (nSPS) is 11.4. The van der Waals surface area contributed by atoms with Gasteiger partial charge in [0.15, 0.2) is 6.29 Å². The quantitative estimate of drug-likeness (QED) is 0.363. The number of nitrogens with one attached hydrogen (secondary N) is 1. The van der Waals surface area contributed by atoms with Crippen LogP contribution in [0.5, 0.6) is 0 Å². The Bertz CT molecular complexity index is 584. The largest absolute Gasteiger partial charge is 0.383 e. The lowest BCUT2D eigenvalue weighted by molar-refractivity contribution is -0.111. The molecule has 1 rings (SSSR count). The highest BCUT2D eigenvalue weighted by Crippen LogP contribution is 2.29. The highest BCUT2D eigenvalue weighted by molar-refractivity contribution is 5.90. The van der Waals surface area contributed by atoms with Crippen LogP contribution < -0.4 is 5.32 Å². The Morgan fingerprint density at radius 3 is 2.75 bits per heavy atom. The fourth-order valence-corrected chi connectivity index (χ4v) is 2.44. The third-order valence-corrected chi connectivity index (χ3v) is 3.88. The molecule has 0 heterocycles. The zero-order valence-corrected chi connectivity index (χ0v) is 14.5. The molecule has 1 aromatic rings. The van der Waals surface area contributed by atoms with E-state index in [0.717, 1.165) is 24.7 Å². The van der Waals surface area contributed by atoms with Crippen molar-refractivity contribution in [3.05, 3.63) is 48.6 Å². The number of carbonyl (C=O) groups is 2. The molecular weight excluding hydrogens is 304 g/mol. The van der Waals surface area contributed by atoms with Gasteiger partial charge in [0.25, 0.3) is 0 Å². The Hall–Kier alpha value is -2.40. The van der Waals surface area contributed by atoms with Gasteiger partial charge in [0, 0.05) is 43.2 Å². The maximum Gasteiger partial charge on any atom is 0.150 e. The zero-order chi connectivity index (χ0) is 17.9. The van der Waals surface area contributed by atoms with E-state index in [1.54, 1.807) is 24.2 Å². The van der Waals surface area contributed by atoms with Crippen LogP contribution in [0.4, 0.5) is 5.69 Å². The van der Waals surface area contributed by atoms with E-state index in [9.17, 15) is 9.59 Å². The number of anilines is 1. The molecule has 5 nitrogen and oxygen atoms in total. The Morgan fingerprint density at radius 1 is 1.42 bits per heavy atom. The van der Waals surface area contributed by atoms with Gasteiger partial charge in [0.1, 0.15) is 6.29 Å². The first kappa shape index (κ1) is 19.6. The van der Waals surface area contributed by atoms with Gasteiger partial charge in [-0.25, -0.2) is 0 Å². The second kappa shape index (κ2) is 10.4. The van der Waals surface area contributed by atoms with Crippen molar-refractivity contribution in [2.24, 2.45) is 0 Å². The molecule has 0 bridgehead atoms. The molecule has 1 unspecified atom stereocenters. The van der Waals surface area contributed by atoms with Gasteiger partial charge >= 0.3 is 0 Å². The number of hydrogen-bond donors (Lipinski definition) is 1. The van der Waals surface area contributed by atoms with Crippen molar-refractivity contribution < 1.29 is 14.3 Å². The van der Waals surface area contributed by atoms with Gasteiger partial charge in [-0.2, -0.15) is 0 Å². The number of benzene rings is 1. The predicted molar refractivity (Wildman–Crippen MR) is 98.3 cm³/mol. The van der Waals surface area contributed by atoms with Gasteiger partial charge in [-0.1, -0.05) is 24.8 Å². The molecule has 0 aromatic heterocycles. The molecule has 0 saturated heterocycles. The number of carbonyl (C=O) groups excluding carboxylic acids is 2. The van der Waals surface area contributed by atoms with E-state index in [1.807, 2.05) is 19.2 Å². The summed E-state index contributed by atoms with van der Waals surface area (Å²) in [6, 6.07) is 5.12. The standard InChI is InChI=1S/C19H26N2O3/c1-5-6-9-17(14-23)21(3)15(2)19-16(13-22)8-7-10-18(19)20-11-12-24-4/h5,7-8,10,13-14,17,20H,1-2,6,9,11-12H2,3-4H3. The Kier molecular flexibility index (Phi) is 8.50. The molecule has 5 heteroatoms. The first-order valence-corrected chi connectivity index (χ1v) is 7.90. The SMILES string of the molecule is C=CCCC(C=O)N(C)C(=C)c1c(C=O)cccc1NCCOC. The minimum absolute atomic E-state index is 0.318. The molecule has 0 aliphatic rings. The van der Waals surface area contributed by atoms with Crippen molar-refractivity contribution in [1.82, 2.24) is 4.90 Å². The average Bonchev–Trinajstić information content (AvgIpc) is 2.61. The maximum atomic E-state index is 11.5. The van der Waals surface area contributed by atoms with Gasteiger partial charge in [-0.3, -0.25) is 4.79 Å². The molecular formula is C19H26N2O3. The summed E-state index contributed by atoms with van der Waals surface area (Å²) in [6.45, 7) is 8.95. The zero-order valence-electron chi connectivity index (χ0n) is 14.5.